The first kappa shape index (κ1) is 13.1. The van der Waals surface area contributed by atoms with Crippen LogP contribution >= 0.6 is 0 Å². The summed E-state index contributed by atoms with van der Waals surface area (Å²) in [6.07, 6.45) is 3.31. The molecule has 1 unspecified atom stereocenters. The molecular weight excluding hydrogens is 270 g/mol. The second-order valence-corrected chi connectivity index (χ2v) is 4.77. The van der Waals surface area contributed by atoms with Crippen LogP contribution in [0.15, 0.2) is 47.8 Å². The number of amides is 1. The summed E-state index contributed by atoms with van der Waals surface area (Å²) in [6, 6.07) is 7.77. The van der Waals surface area contributed by atoms with Gasteiger partial charge in [-0.3, -0.25) is 9.78 Å². The van der Waals surface area contributed by atoms with Gasteiger partial charge >= 0.3 is 0 Å². The monoisotopic (exact) mass is 283 g/mol. The van der Waals surface area contributed by atoms with Crippen molar-refractivity contribution in [2.75, 3.05) is 5.01 Å². The van der Waals surface area contributed by atoms with Crippen molar-refractivity contribution >= 4 is 17.3 Å². The van der Waals surface area contributed by atoms with Crippen LogP contribution < -0.4 is 5.01 Å². The normalized spacial score (nSPS) is 18.0. The van der Waals surface area contributed by atoms with Gasteiger partial charge in [0.05, 0.1) is 17.3 Å². The Bertz CT molecular complexity index is 728. The van der Waals surface area contributed by atoms with Crippen molar-refractivity contribution in [2.45, 2.75) is 6.92 Å². The molecule has 1 aliphatic rings. The van der Waals surface area contributed by atoms with Gasteiger partial charge in [0.15, 0.2) is 11.5 Å². The van der Waals surface area contributed by atoms with Gasteiger partial charge in [-0.15, -0.1) is 0 Å². The van der Waals surface area contributed by atoms with Gasteiger partial charge in [0.25, 0.3) is 5.91 Å². The Labute approximate surface area is 121 Å². The second kappa shape index (κ2) is 4.90. The Balaban J connectivity index is 2.02. The fraction of sp³-hybridized carbons (Fsp3) is 0.133. The second-order valence-electron chi connectivity index (χ2n) is 4.77. The van der Waals surface area contributed by atoms with E-state index >= 15 is 0 Å². The minimum atomic E-state index is -0.398. The van der Waals surface area contributed by atoms with Crippen LogP contribution in [0.4, 0.5) is 5.69 Å². The zero-order chi connectivity index (χ0) is 15.0. The van der Waals surface area contributed by atoms with Crippen molar-refractivity contribution in [3.05, 3.63) is 48.3 Å². The van der Waals surface area contributed by atoms with Crippen LogP contribution in [0.5, 0.6) is 11.5 Å². The van der Waals surface area contributed by atoms with Crippen LogP contribution in [0.1, 0.15) is 12.5 Å². The molecule has 0 saturated heterocycles. The van der Waals surface area contributed by atoms with E-state index in [0.717, 1.165) is 5.56 Å². The highest BCUT2D eigenvalue weighted by molar-refractivity contribution is 6.21. The van der Waals surface area contributed by atoms with Crippen molar-refractivity contribution in [3.63, 3.8) is 0 Å². The Kier molecular flexibility index (Phi) is 3.06. The number of phenols is 2. The van der Waals surface area contributed by atoms with Gasteiger partial charge in [0, 0.05) is 24.0 Å². The summed E-state index contributed by atoms with van der Waals surface area (Å²) in [5.41, 5.74) is 1.81. The van der Waals surface area contributed by atoms with E-state index in [1.807, 2.05) is 6.07 Å². The molecule has 1 aromatic heterocycles. The lowest BCUT2D eigenvalue weighted by molar-refractivity contribution is -0.119. The number of carbonyl (C=O) groups is 1. The number of hydrazone groups is 1. The zero-order valence-corrected chi connectivity index (χ0v) is 11.3. The molecule has 0 aliphatic carbocycles. The number of phenolic OH excluding ortho intramolecular Hbond substituents is 2. The van der Waals surface area contributed by atoms with E-state index in [1.54, 1.807) is 25.4 Å². The smallest absolute Gasteiger partial charge is 0.256 e. The molecule has 106 valence electrons. The van der Waals surface area contributed by atoms with Crippen LogP contribution in [-0.2, 0) is 4.79 Å². The molecule has 2 heterocycles. The number of benzene rings is 1. The molecule has 3 rings (SSSR count). The largest absolute Gasteiger partial charge is 0.504 e. The maximum atomic E-state index is 12.3. The lowest BCUT2D eigenvalue weighted by Gasteiger charge is -2.13. The topological polar surface area (TPSA) is 86.0 Å². The summed E-state index contributed by atoms with van der Waals surface area (Å²) in [6.45, 7) is 1.77. The molecule has 1 aliphatic heterocycles. The third-order valence-corrected chi connectivity index (χ3v) is 3.36. The van der Waals surface area contributed by atoms with Crippen molar-refractivity contribution in [1.82, 2.24) is 4.98 Å². The molecule has 0 radical (unpaired) electrons. The minimum absolute atomic E-state index is 0.195. The molecule has 21 heavy (non-hydrogen) atoms. The van der Waals surface area contributed by atoms with Crippen molar-refractivity contribution in [1.29, 1.82) is 0 Å². The number of aromatic nitrogens is 1. The summed E-state index contributed by atoms with van der Waals surface area (Å²) in [5, 5.41) is 24.4. The number of anilines is 1. The van der Waals surface area contributed by atoms with E-state index in [1.165, 1.54) is 23.2 Å². The van der Waals surface area contributed by atoms with Gasteiger partial charge in [-0.1, -0.05) is 0 Å². The molecule has 0 fully saturated rings. The Morgan fingerprint density at radius 2 is 2.00 bits per heavy atom. The van der Waals surface area contributed by atoms with Gasteiger partial charge in [-0.05, 0) is 31.2 Å². The van der Waals surface area contributed by atoms with E-state index < -0.39 is 5.92 Å². The van der Waals surface area contributed by atoms with Crippen LogP contribution in [-0.4, -0.2) is 26.8 Å². The highest BCUT2D eigenvalue weighted by Gasteiger charge is 2.34. The third kappa shape index (κ3) is 2.20. The number of hydrogen-bond acceptors (Lipinski definition) is 5. The fourth-order valence-corrected chi connectivity index (χ4v) is 2.19. The quantitative estimate of drug-likeness (QED) is 0.824. The van der Waals surface area contributed by atoms with Gasteiger partial charge in [0.1, 0.15) is 0 Å². The molecule has 1 aromatic carbocycles. The number of carbonyl (C=O) groups excluding carboxylic acids is 1. The third-order valence-electron chi connectivity index (χ3n) is 3.36. The molecule has 1 amide bonds. The Morgan fingerprint density at radius 1 is 1.19 bits per heavy atom. The first-order valence-corrected chi connectivity index (χ1v) is 6.43. The number of nitrogens with zero attached hydrogens (tertiary/aromatic N) is 3. The molecule has 1 atom stereocenters. The van der Waals surface area contributed by atoms with E-state index in [2.05, 4.69) is 10.1 Å². The Hall–Kier alpha value is -2.89. The number of pyridine rings is 1. The summed E-state index contributed by atoms with van der Waals surface area (Å²) >= 11 is 0. The molecule has 0 bridgehead atoms. The molecule has 0 spiro atoms. The van der Waals surface area contributed by atoms with Crippen LogP contribution in [0.25, 0.3) is 0 Å². The van der Waals surface area contributed by atoms with Gasteiger partial charge in [0.2, 0.25) is 0 Å². The molecule has 0 saturated carbocycles. The summed E-state index contributed by atoms with van der Waals surface area (Å²) < 4.78 is 0. The standard InChI is InChI=1S/C15H13N3O3/c1-9-14(10-3-2-6-16-8-10)17-18(15(9)21)11-4-5-12(19)13(20)7-11/h2-9,19-20H,1H3. The molecule has 2 N–H and O–H groups in total. The van der Waals surface area contributed by atoms with Crippen molar-refractivity contribution < 1.29 is 15.0 Å². The fourth-order valence-electron chi connectivity index (χ4n) is 2.19. The maximum absolute atomic E-state index is 12.3. The van der Waals surface area contributed by atoms with Crippen LogP contribution in [0, 0.1) is 5.92 Å². The summed E-state index contributed by atoms with van der Waals surface area (Å²) in [7, 11) is 0. The molecular formula is C15H13N3O3. The Morgan fingerprint density at radius 3 is 2.67 bits per heavy atom. The molecule has 6 heteroatoms. The van der Waals surface area contributed by atoms with Gasteiger partial charge < -0.3 is 10.2 Å². The van der Waals surface area contributed by atoms with E-state index in [0.29, 0.717) is 11.4 Å². The van der Waals surface area contributed by atoms with Crippen LogP contribution in [0.2, 0.25) is 0 Å². The average molecular weight is 283 g/mol. The predicted octanol–water partition coefficient (Wildman–Crippen LogP) is 1.88. The molecule has 2 aromatic rings. The minimum Gasteiger partial charge on any atom is -0.504 e. The number of aromatic hydroxyl groups is 2. The average Bonchev–Trinajstić information content (AvgIpc) is 2.79. The predicted molar refractivity (Wildman–Crippen MR) is 77.2 cm³/mol. The van der Waals surface area contributed by atoms with Gasteiger partial charge in [-0.2, -0.15) is 10.1 Å². The highest BCUT2D eigenvalue weighted by atomic mass is 16.3. The van der Waals surface area contributed by atoms with Gasteiger partial charge in [-0.25, -0.2) is 0 Å². The maximum Gasteiger partial charge on any atom is 0.256 e. The zero-order valence-electron chi connectivity index (χ0n) is 11.3. The van der Waals surface area contributed by atoms with Crippen LogP contribution in [0.3, 0.4) is 0 Å². The van der Waals surface area contributed by atoms with Crippen molar-refractivity contribution in [2.24, 2.45) is 11.0 Å². The lowest BCUT2D eigenvalue weighted by atomic mass is 10.0. The van der Waals surface area contributed by atoms with Crippen molar-refractivity contribution in [3.8, 4) is 11.5 Å². The summed E-state index contributed by atoms with van der Waals surface area (Å²) in [5.74, 6) is -1.13. The van der Waals surface area contributed by atoms with E-state index in [-0.39, 0.29) is 17.4 Å². The van der Waals surface area contributed by atoms with E-state index in [9.17, 15) is 15.0 Å². The first-order valence-electron chi connectivity index (χ1n) is 6.43. The lowest BCUT2D eigenvalue weighted by Crippen LogP contribution is -2.25. The first-order chi connectivity index (χ1) is 10.1. The van der Waals surface area contributed by atoms with E-state index in [4.69, 9.17) is 0 Å². The molecule has 6 nitrogen and oxygen atoms in total. The summed E-state index contributed by atoms with van der Waals surface area (Å²) in [4.78, 5) is 16.4. The SMILES string of the molecule is CC1C(=O)N(c2ccc(O)c(O)c2)N=C1c1cccnc1. The number of hydrogen-bond donors (Lipinski definition) is 2. The highest BCUT2D eigenvalue weighted by Crippen LogP contribution is 2.32. The number of rotatable bonds is 2.